The summed E-state index contributed by atoms with van der Waals surface area (Å²) in [6.07, 6.45) is 3.80. The second-order valence-corrected chi connectivity index (χ2v) is 1.89. The summed E-state index contributed by atoms with van der Waals surface area (Å²) >= 11 is 0. The molecule has 0 unspecified atom stereocenters. The number of rotatable bonds is 3. The fraction of sp³-hybridized carbons (Fsp3) is 0.500. The van der Waals surface area contributed by atoms with Crippen LogP contribution in [0.4, 0.5) is 0 Å². The Morgan fingerprint density at radius 1 is 1.50 bits per heavy atom. The highest BCUT2D eigenvalue weighted by Gasteiger charge is 1.87. The van der Waals surface area contributed by atoms with Gasteiger partial charge in [0.15, 0.2) is 0 Å². The normalized spacial score (nSPS) is 10.1. The van der Waals surface area contributed by atoms with Crippen LogP contribution in [-0.2, 0) is 0 Å². The van der Waals surface area contributed by atoms with Crippen LogP contribution in [0.3, 0.4) is 0 Å². The van der Waals surface area contributed by atoms with Crippen LogP contribution in [0.2, 0.25) is 0 Å². The van der Waals surface area contributed by atoms with E-state index in [1.807, 2.05) is 19.1 Å². The summed E-state index contributed by atoms with van der Waals surface area (Å²) in [7, 11) is 0. The van der Waals surface area contributed by atoms with Crippen molar-refractivity contribution in [3.8, 4) is 12.1 Å². The number of nitriles is 2. The highest BCUT2D eigenvalue weighted by molar-refractivity contribution is 5.19. The van der Waals surface area contributed by atoms with E-state index in [1.165, 1.54) is 0 Å². The third kappa shape index (κ3) is 3.69. The Labute approximate surface area is 61.4 Å². The molecule has 0 atom stereocenters. The average molecular weight is 134 g/mol. The quantitative estimate of drug-likeness (QED) is 0.438. The van der Waals surface area contributed by atoms with E-state index in [0.29, 0.717) is 12.8 Å². The maximum atomic E-state index is 8.42. The summed E-state index contributed by atoms with van der Waals surface area (Å²) in [5.41, 5.74) is 0.773. The third-order valence-electron chi connectivity index (χ3n) is 1.17. The number of hydrogen-bond donors (Lipinski definition) is 0. The van der Waals surface area contributed by atoms with Crippen LogP contribution < -0.4 is 0 Å². The molecule has 0 heterocycles. The van der Waals surface area contributed by atoms with Crippen LogP contribution in [0.25, 0.3) is 0 Å². The summed E-state index contributed by atoms with van der Waals surface area (Å²) < 4.78 is 0. The topological polar surface area (TPSA) is 47.6 Å². The van der Waals surface area contributed by atoms with Gasteiger partial charge in [-0.05, 0) is 12.8 Å². The lowest BCUT2D eigenvalue weighted by atomic mass is 10.2. The summed E-state index contributed by atoms with van der Waals surface area (Å²) in [5, 5.41) is 16.6. The Balaban J connectivity index is 3.69. The van der Waals surface area contributed by atoms with E-state index in [-0.39, 0.29) is 0 Å². The Morgan fingerprint density at radius 3 is 2.60 bits per heavy atom. The Hall–Kier alpha value is -1.28. The monoisotopic (exact) mass is 134 g/mol. The minimum Gasteiger partial charge on any atom is -0.198 e. The summed E-state index contributed by atoms with van der Waals surface area (Å²) in [5.74, 6) is 0. The molecule has 0 aliphatic rings. The predicted molar refractivity (Wildman–Crippen MR) is 38.8 cm³/mol. The first-order valence-corrected chi connectivity index (χ1v) is 3.31. The van der Waals surface area contributed by atoms with Crippen molar-refractivity contribution in [2.75, 3.05) is 0 Å². The Kier molecular flexibility index (Phi) is 5.10. The van der Waals surface area contributed by atoms with Crippen molar-refractivity contribution in [2.24, 2.45) is 0 Å². The molecular formula is C8H10N2. The standard InChI is InChI=1S/C8H10N2/c1-2-8(7-10)5-3-4-6-9/h5H,2-4H2,1H3/b8-5-. The maximum Gasteiger partial charge on any atom is 0.0943 e. The van der Waals surface area contributed by atoms with Gasteiger partial charge in [-0.15, -0.1) is 0 Å². The molecule has 0 aromatic heterocycles. The SMILES string of the molecule is CC/C(C#N)=C/CCC#N. The number of hydrogen-bond acceptors (Lipinski definition) is 2. The van der Waals surface area contributed by atoms with Crippen molar-refractivity contribution >= 4 is 0 Å². The van der Waals surface area contributed by atoms with Gasteiger partial charge in [-0.3, -0.25) is 0 Å². The van der Waals surface area contributed by atoms with E-state index in [1.54, 1.807) is 0 Å². The van der Waals surface area contributed by atoms with Gasteiger partial charge >= 0.3 is 0 Å². The summed E-state index contributed by atoms with van der Waals surface area (Å²) in [4.78, 5) is 0. The first kappa shape index (κ1) is 8.72. The van der Waals surface area contributed by atoms with Crippen LogP contribution in [0, 0.1) is 22.7 Å². The third-order valence-corrected chi connectivity index (χ3v) is 1.17. The smallest absolute Gasteiger partial charge is 0.0943 e. The lowest BCUT2D eigenvalue weighted by molar-refractivity contribution is 1.03. The van der Waals surface area contributed by atoms with Crippen LogP contribution in [-0.4, -0.2) is 0 Å². The molecule has 0 bridgehead atoms. The van der Waals surface area contributed by atoms with Crippen molar-refractivity contribution in [1.82, 2.24) is 0 Å². The van der Waals surface area contributed by atoms with E-state index in [4.69, 9.17) is 10.5 Å². The van der Waals surface area contributed by atoms with Crippen molar-refractivity contribution in [1.29, 1.82) is 10.5 Å². The molecule has 2 heteroatoms. The van der Waals surface area contributed by atoms with Gasteiger partial charge in [0.1, 0.15) is 0 Å². The molecule has 10 heavy (non-hydrogen) atoms. The second kappa shape index (κ2) is 5.85. The van der Waals surface area contributed by atoms with Gasteiger partial charge in [0.25, 0.3) is 0 Å². The first-order chi connectivity index (χ1) is 4.85. The molecule has 0 spiro atoms. The van der Waals surface area contributed by atoms with E-state index < -0.39 is 0 Å². The van der Waals surface area contributed by atoms with Gasteiger partial charge < -0.3 is 0 Å². The highest BCUT2D eigenvalue weighted by atomic mass is 14.2. The largest absolute Gasteiger partial charge is 0.198 e. The van der Waals surface area contributed by atoms with Crippen LogP contribution in [0.15, 0.2) is 11.6 Å². The zero-order valence-electron chi connectivity index (χ0n) is 6.09. The van der Waals surface area contributed by atoms with Gasteiger partial charge in [-0.2, -0.15) is 10.5 Å². The minimum atomic E-state index is 0.505. The zero-order valence-corrected chi connectivity index (χ0v) is 6.09. The maximum absolute atomic E-state index is 8.42. The van der Waals surface area contributed by atoms with Crippen molar-refractivity contribution in [3.05, 3.63) is 11.6 Å². The van der Waals surface area contributed by atoms with Crippen molar-refractivity contribution in [2.45, 2.75) is 26.2 Å². The molecule has 0 radical (unpaired) electrons. The summed E-state index contributed by atoms with van der Waals surface area (Å²) in [6.45, 7) is 1.93. The average Bonchev–Trinajstić information content (AvgIpc) is 1.99. The molecule has 0 aromatic carbocycles. The van der Waals surface area contributed by atoms with Gasteiger partial charge in [-0.1, -0.05) is 13.0 Å². The number of unbranched alkanes of at least 4 members (excludes halogenated alkanes) is 1. The molecule has 0 aromatic rings. The van der Waals surface area contributed by atoms with E-state index in [0.717, 1.165) is 12.0 Å². The molecule has 2 nitrogen and oxygen atoms in total. The Morgan fingerprint density at radius 2 is 2.20 bits per heavy atom. The number of allylic oxidation sites excluding steroid dienone is 2. The predicted octanol–water partition coefficient (Wildman–Crippen LogP) is 2.15. The highest BCUT2D eigenvalue weighted by Crippen LogP contribution is 2.00. The van der Waals surface area contributed by atoms with Gasteiger partial charge in [0, 0.05) is 12.0 Å². The molecule has 0 saturated carbocycles. The van der Waals surface area contributed by atoms with E-state index in [9.17, 15) is 0 Å². The van der Waals surface area contributed by atoms with Crippen molar-refractivity contribution in [3.63, 3.8) is 0 Å². The second-order valence-electron chi connectivity index (χ2n) is 1.89. The van der Waals surface area contributed by atoms with Crippen molar-refractivity contribution < 1.29 is 0 Å². The Bertz CT molecular complexity index is 190. The molecule has 0 aliphatic carbocycles. The fourth-order valence-electron chi connectivity index (χ4n) is 0.580. The van der Waals surface area contributed by atoms with Gasteiger partial charge in [0.2, 0.25) is 0 Å². The summed E-state index contributed by atoms with van der Waals surface area (Å²) in [6, 6.07) is 4.08. The van der Waals surface area contributed by atoms with E-state index in [2.05, 4.69) is 6.07 Å². The molecule has 0 rings (SSSR count). The minimum absolute atomic E-state index is 0.505. The fourth-order valence-corrected chi connectivity index (χ4v) is 0.580. The molecule has 0 N–H and O–H groups in total. The molecule has 0 amide bonds. The number of nitrogens with zero attached hydrogens (tertiary/aromatic N) is 2. The lowest BCUT2D eigenvalue weighted by Gasteiger charge is -1.87. The molecular weight excluding hydrogens is 124 g/mol. The van der Waals surface area contributed by atoms with E-state index >= 15 is 0 Å². The molecule has 0 fully saturated rings. The van der Waals surface area contributed by atoms with Crippen LogP contribution in [0.5, 0.6) is 0 Å². The lowest BCUT2D eigenvalue weighted by Crippen LogP contribution is -1.74. The van der Waals surface area contributed by atoms with Gasteiger partial charge in [-0.25, -0.2) is 0 Å². The van der Waals surface area contributed by atoms with Crippen LogP contribution >= 0.6 is 0 Å². The zero-order chi connectivity index (χ0) is 7.82. The molecule has 0 aliphatic heterocycles. The molecule has 52 valence electrons. The van der Waals surface area contributed by atoms with Gasteiger partial charge in [0.05, 0.1) is 12.1 Å². The first-order valence-electron chi connectivity index (χ1n) is 3.31. The molecule has 0 saturated heterocycles. The van der Waals surface area contributed by atoms with Crippen LogP contribution in [0.1, 0.15) is 26.2 Å².